The quantitative estimate of drug-likeness (QED) is 0.774. The molecule has 1 aromatic carbocycles. The van der Waals surface area contributed by atoms with Crippen LogP contribution in [-0.4, -0.2) is 54.8 Å². The molecule has 1 fully saturated rings. The van der Waals surface area contributed by atoms with Gasteiger partial charge < -0.3 is 9.64 Å². The summed E-state index contributed by atoms with van der Waals surface area (Å²) in [6.07, 6.45) is 0. The van der Waals surface area contributed by atoms with Crippen LogP contribution < -0.4 is 4.74 Å². The third-order valence-electron chi connectivity index (χ3n) is 4.90. The standard InChI is InChI=1S/C18H17F2N3O4S/c1-11-2-7-14-16(21-11)15-10-22(8-9-23(15)17(14)24)28(25,26)13-5-3-12(4-6-13)27-18(19)20/h2-7,15,18H,8-10H2,1H3. The monoisotopic (exact) mass is 409 g/mol. The van der Waals surface area contributed by atoms with Crippen LogP contribution in [0, 0.1) is 6.92 Å². The maximum absolute atomic E-state index is 13.0. The van der Waals surface area contributed by atoms with Crippen molar-refractivity contribution in [2.75, 3.05) is 19.6 Å². The lowest BCUT2D eigenvalue weighted by Crippen LogP contribution is -2.49. The first-order chi connectivity index (χ1) is 13.3. The number of sulfonamides is 1. The van der Waals surface area contributed by atoms with Gasteiger partial charge in [0.25, 0.3) is 5.91 Å². The van der Waals surface area contributed by atoms with E-state index in [9.17, 15) is 22.0 Å². The summed E-state index contributed by atoms with van der Waals surface area (Å²) in [5.41, 5.74) is 1.84. The van der Waals surface area contributed by atoms with Crippen molar-refractivity contribution < 1.29 is 26.7 Å². The molecule has 1 saturated heterocycles. The first kappa shape index (κ1) is 18.8. The van der Waals surface area contributed by atoms with Gasteiger partial charge in [-0.05, 0) is 43.3 Å². The molecule has 1 amide bonds. The van der Waals surface area contributed by atoms with E-state index in [2.05, 4.69) is 9.72 Å². The molecular weight excluding hydrogens is 392 g/mol. The molecule has 1 aromatic heterocycles. The minimum absolute atomic E-state index is 0.0238. The second kappa shape index (κ2) is 6.78. The van der Waals surface area contributed by atoms with Crippen LogP contribution in [0.25, 0.3) is 0 Å². The molecule has 2 aliphatic rings. The fourth-order valence-corrected chi connectivity index (χ4v) is 5.00. The number of hydrogen-bond donors (Lipinski definition) is 0. The molecule has 3 heterocycles. The van der Waals surface area contributed by atoms with Crippen LogP contribution in [0.15, 0.2) is 41.3 Å². The number of aromatic nitrogens is 1. The zero-order chi connectivity index (χ0) is 20.1. The number of carbonyl (C=O) groups excluding carboxylic acids is 1. The van der Waals surface area contributed by atoms with Gasteiger partial charge in [0.2, 0.25) is 10.0 Å². The zero-order valence-corrected chi connectivity index (χ0v) is 15.7. The SMILES string of the molecule is Cc1ccc2c(n1)C1CN(S(=O)(=O)c3ccc(OC(F)F)cc3)CCN1C2=O. The number of hydrogen-bond acceptors (Lipinski definition) is 5. The third kappa shape index (κ3) is 3.12. The number of halogens is 2. The minimum atomic E-state index is -3.85. The number of carbonyl (C=O) groups is 1. The van der Waals surface area contributed by atoms with Crippen molar-refractivity contribution in [2.45, 2.75) is 24.5 Å². The average Bonchev–Trinajstić information content (AvgIpc) is 2.93. The number of benzene rings is 1. The Morgan fingerprint density at radius 3 is 2.54 bits per heavy atom. The fourth-order valence-electron chi connectivity index (χ4n) is 3.56. The number of aryl methyl sites for hydroxylation is 1. The van der Waals surface area contributed by atoms with Crippen LogP contribution in [0.1, 0.15) is 27.8 Å². The molecule has 2 aliphatic heterocycles. The van der Waals surface area contributed by atoms with Gasteiger partial charge in [-0.2, -0.15) is 13.1 Å². The van der Waals surface area contributed by atoms with Crippen LogP contribution in [0.3, 0.4) is 0 Å². The summed E-state index contributed by atoms with van der Waals surface area (Å²) in [4.78, 5) is 18.6. The van der Waals surface area contributed by atoms with Gasteiger partial charge in [-0.25, -0.2) is 8.42 Å². The van der Waals surface area contributed by atoms with Gasteiger partial charge in [-0.1, -0.05) is 0 Å². The third-order valence-corrected chi connectivity index (χ3v) is 6.78. The second-order valence-electron chi connectivity index (χ2n) is 6.61. The van der Waals surface area contributed by atoms with Crippen molar-refractivity contribution in [3.8, 4) is 5.75 Å². The van der Waals surface area contributed by atoms with E-state index in [1.54, 1.807) is 17.0 Å². The second-order valence-corrected chi connectivity index (χ2v) is 8.55. The Balaban J connectivity index is 1.60. The molecule has 1 unspecified atom stereocenters. The van der Waals surface area contributed by atoms with Crippen molar-refractivity contribution in [1.82, 2.24) is 14.2 Å². The Morgan fingerprint density at radius 1 is 1.14 bits per heavy atom. The highest BCUT2D eigenvalue weighted by atomic mass is 32.2. The number of ether oxygens (including phenoxy) is 1. The summed E-state index contributed by atoms with van der Waals surface area (Å²) in [7, 11) is -3.85. The van der Waals surface area contributed by atoms with E-state index in [4.69, 9.17) is 0 Å². The molecule has 2 aromatic rings. The molecule has 0 saturated carbocycles. The Hall–Kier alpha value is -2.59. The van der Waals surface area contributed by atoms with E-state index >= 15 is 0 Å². The topological polar surface area (TPSA) is 79.8 Å². The van der Waals surface area contributed by atoms with E-state index in [0.717, 1.165) is 5.69 Å². The lowest BCUT2D eigenvalue weighted by molar-refractivity contribution is -0.0498. The van der Waals surface area contributed by atoms with E-state index in [1.165, 1.54) is 28.6 Å². The van der Waals surface area contributed by atoms with Crippen molar-refractivity contribution in [3.05, 3.63) is 53.3 Å². The number of amides is 1. The van der Waals surface area contributed by atoms with E-state index in [0.29, 0.717) is 11.3 Å². The molecule has 28 heavy (non-hydrogen) atoms. The van der Waals surface area contributed by atoms with Crippen molar-refractivity contribution in [1.29, 1.82) is 0 Å². The average molecular weight is 409 g/mol. The molecule has 4 rings (SSSR count). The lowest BCUT2D eigenvalue weighted by atomic mass is 10.1. The molecule has 0 N–H and O–H groups in total. The van der Waals surface area contributed by atoms with Crippen LogP contribution >= 0.6 is 0 Å². The van der Waals surface area contributed by atoms with Crippen LogP contribution in [-0.2, 0) is 10.0 Å². The van der Waals surface area contributed by atoms with E-state index in [1.807, 2.05) is 6.92 Å². The maximum Gasteiger partial charge on any atom is 0.387 e. The van der Waals surface area contributed by atoms with Crippen LogP contribution in [0.4, 0.5) is 8.78 Å². The van der Waals surface area contributed by atoms with Gasteiger partial charge >= 0.3 is 6.61 Å². The summed E-state index contributed by atoms with van der Waals surface area (Å²) in [5.74, 6) is -0.258. The Morgan fingerprint density at radius 2 is 1.86 bits per heavy atom. The summed E-state index contributed by atoms with van der Waals surface area (Å²) >= 11 is 0. The zero-order valence-electron chi connectivity index (χ0n) is 14.9. The highest BCUT2D eigenvalue weighted by Gasteiger charge is 2.44. The summed E-state index contributed by atoms with van der Waals surface area (Å²) in [5, 5.41) is 0. The Bertz CT molecular complexity index is 1030. The van der Waals surface area contributed by atoms with E-state index < -0.39 is 22.7 Å². The van der Waals surface area contributed by atoms with Crippen molar-refractivity contribution in [3.63, 3.8) is 0 Å². The normalized spacial score (nSPS) is 19.6. The van der Waals surface area contributed by atoms with Crippen LogP contribution in [0.5, 0.6) is 5.75 Å². The van der Waals surface area contributed by atoms with Gasteiger partial charge in [0, 0.05) is 25.3 Å². The van der Waals surface area contributed by atoms with Gasteiger partial charge in [0.05, 0.1) is 22.2 Å². The van der Waals surface area contributed by atoms with Gasteiger partial charge in [0.15, 0.2) is 0 Å². The Kier molecular flexibility index (Phi) is 4.54. The molecule has 1 atom stereocenters. The smallest absolute Gasteiger partial charge is 0.387 e. The molecule has 7 nitrogen and oxygen atoms in total. The number of alkyl halides is 2. The highest BCUT2D eigenvalue weighted by molar-refractivity contribution is 7.89. The molecular formula is C18H17F2N3O4S. The van der Waals surface area contributed by atoms with Crippen molar-refractivity contribution >= 4 is 15.9 Å². The molecule has 10 heteroatoms. The summed E-state index contributed by atoms with van der Waals surface area (Å²) in [6.45, 7) is -0.676. The number of rotatable bonds is 4. The number of pyridine rings is 1. The summed E-state index contributed by atoms with van der Waals surface area (Å²) < 4.78 is 56.0. The predicted molar refractivity (Wildman–Crippen MR) is 94.6 cm³/mol. The number of fused-ring (bicyclic) bond motifs is 3. The fraction of sp³-hybridized carbons (Fsp3) is 0.333. The van der Waals surface area contributed by atoms with Crippen LogP contribution in [0.2, 0.25) is 0 Å². The highest BCUT2D eigenvalue weighted by Crippen LogP contribution is 2.36. The number of piperazine rings is 1. The molecule has 0 bridgehead atoms. The molecule has 0 radical (unpaired) electrons. The Labute approximate surface area is 160 Å². The largest absolute Gasteiger partial charge is 0.435 e. The molecule has 0 spiro atoms. The van der Waals surface area contributed by atoms with Gasteiger partial charge in [0.1, 0.15) is 5.75 Å². The first-order valence-electron chi connectivity index (χ1n) is 8.61. The van der Waals surface area contributed by atoms with Gasteiger partial charge in [-0.15, -0.1) is 0 Å². The molecule has 0 aliphatic carbocycles. The minimum Gasteiger partial charge on any atom is -0.435 e. The predicted octanol–water partition coefficient (Wildman–Crippen LogP) is 2.19. The van der Waals surface area contributed by atoms with Crippen molar-refractivity contribution in [2.24, 2.45) is 0 Å². The summed E-state index contributed by atoms with van der Waals surface area (Å²) in [6, 6.07) is 7.88. The maximum atomic E-state index is 13.0. The first-order valence-corrected chi connectivity index (χ1v) is 10.0. The van der Waals surface area contributed by atoms with E-state index in [-0.39, 0.29) is 36.2 Å². The lowest BCUT2D eigenvalue weighted by Gasteiger charge is -2.36. The molecule has 148 valence electrons. The number of nitrogens with zero attached hydrogens (tertiary/aromatic N) is 3. The van der Waals surface area contributed by atoms with Gasteiger partial charge in [-0.3, -0.25) is 9.78 Å².